The van der Waals surface area contributed by atoms with Gasteiger partial charge in [-0.15, -0.1) is 0 Å². The van der Waals surface area contributed by atoms with Gasteiger partial charge in [0.2, 0.25) is 0 Å². The van der Waals surface area contributed by atoms with Crippen LogP contribution in [0.5, 0.6) is 0 Å². The highest BCUT2D eigenvalue weighted by atomic mass is 79.9. The molecule has 0 aliphatic heterocycles. The van der Waals surface area contributed by atoms with Crippen molar-refractivity contribution in [2.75, 3.05) is 0 Å². The summed E-state index contributed by atoms with van der Waals surface area (Å²) < 4.78 is 27.7. The van der Waals surface area contributed by atoms with Crippen molar-refractivity contribution in [3.8, 4) is 0 Å². The van der Waals surface area contributed by atoms with Crippen molar-refractivity contribution in [3.05, 3.63) is 69.8 Å². The average Bonchev–Trinajstić information content (AvgIpc) is 2.38. The highest BCUT2D eigenvalue weighted by molar-refractivity contribution is 9.09. The van der Waals surface area contributed by atoms with Gasteiger partial charge in [0.1, 0.15) is 11.6 Å². The van der Waals surface area contributed by atoms with E-state index in [4.69, 9.17) is 0 Å². The largest absolute Gasteiger partial charge is 0.206 e. The van der Waals surface area contributed by atoms with Crippen LogP contribution >= 0.6 is 15.9 Å². The molecule has 0 saturated heterocycles. The van der Waals surface area contributed by atoms with Crippen LogP contribution in [0.1, 0.15) is 32.6 Å². The molecule has 3 heteroatoms. The molecular formula is C16H15BrF2. The third-order valence-electron chi connectivity index (χ3n) is 3.25. The number of alkyl halides is 1. The van der Waals surface area contributed by atoms with Crippen molar-refractivity contribution in [1.29, 1.82) is 0 Å². The zero-order valence-corrected chi connectivity index (χ0v) is 12.7. The van der Waals surface area contributed by atoms with Crippen molar-refractivity contribution >= 4 is 15.9 Å². The van der Waals surface area contributed by atoms with E-state index in [1.165, 1.54) is 0 Å². The number of hydrogen-bond acceptors (Lipinski definition) is 0. The fourth-order valence-electron chi connectivity index (χ4n) is 2.17. The van der Waals surface area contributed by atoms with Gasteiger partial charge in [-0.2, -0.15) is 0 Å². The number of aryl methyl sites for hydroxylation is 3. The minimum Gasteiger partial charge on any atom is -0.206 e. The number of benzene rings is 2. The summed E-state index contributed by atoms with van der Waals surface area (Å²) in [6, 6.07) is 8.81. The lowest BCUT2D eigenvalue weighted by atomic mass is 9.98. The molecule has 0 aromatic heterocycles. The van der Waals surface area contributed by atoms with E-state index in [1.54, 1.807) is 45.0 Å². The van der Waals surface area contributed by atoms with Crippen molar-refractivity contribution in [1.82, 2.24) is 0 Å². The highest BCUT2D eigenvalue weighted by Crippen LogP contribution is 2.34. The molecule has 0 aliphatic carbocycles. The minimum absolute atomic E-state index is 0.201. The number of rotatable bonds is 2. The van der Waals surface area contributed by atoms with Gasteiger partial charge in [-0.25, -0.2) is 8.78 Å². The monoisotopic (exact) mass is 324 g/mol. The lowest BCUT2D eigenvalue weighted by molar-refractivity contribution is 0.602. The quantitative estimate of drug-likeness (QED) is 0.651. The molecule has 2 aromatic carbocycles. The van der Waals surface area contributed by atoms with E-state index in [0.29, 0.717) is 22.3 Å². The smallest absolute Gasteiger partial charge is 0.130 e. The predicted octanol–water partition coefficient (Wildman–Crippen LogP) is 5.37. The van der Waals surface area contributed by atoms with Crippen molar-refractivity contribution in [2.24, 2.45) is 0 Å². The van der Waals surface area contributed by atoms with Crippen molar-refractivity contribution in [2.45, 2.75) is 25.6 Å². The second-order valence-electron chi connectivity index (χ2n) is 4.81. The molecule has 0 amide bonds. The molecule has 19 heavy (non-hydrogen) atoms. The summed E-state index contributed by atoms with van der Waals surface area (Å²) in [7, 11) is 0. The van der Waals surface area contributed by atoms with Crippen LogP contribution in [-0.2, 0) is 0 Å². The Labute approximate surface area is 120 Å². The molecular weight excluding hydrogens is 310 g/mol. The molecule has 0 fully saturated rings. The third kappa shape index (κ3) is 2.71. The second-order valence-corrected chi connectivity index (χ2v) is 5.73. The molecule has 0 heterocycles. The Hall–Kier alpha value is -1.22. The van der Waals surface area contributed by atoms with E-state index in [2.05, 4.69) is 15.9 Å². The molecule has 1 atom stereocenters. The fourth-order valence-corrected chi connectivity index (χ4v) is 2.79. The Morgan fingerprint density at radius 2 is 1.47 bits per heavy atom. The summed E-state index contributed by atoms with van der Waals surface area (Å²) in [5.41, 5.74) is 3.20. The van der Waals surface area contributed by atoms with Crippen LogP contribution < -0.4 is 0 Å². The minimum atomic E-state index is -0.273. The topological polar surface area (TPSA) is 0 Å². The first-order valence-electron chi connectivity index (χ1n) is 6.07. The summed E-state index contributed by atoms with van der Waals surface area (Å²) >= 11 is 3.51. The fraction of sp³-hybridized carbons (Fsp3) is 0.250. The number of halogens is 3. The van der Waals surface area contributed by atoms with Gasteiger partial charge in [-0.05, 0) is 43.0 Å². The normalized spacial score (nSPS) is 12.5. The highest BCUT2D eigenvalue weighted by Gasteiger charge is 2.17. The van der Waals surface area contributed by atoms with Gasteiger partial charge in [0.05, 0.1) is 4.83 Å². The van der Waals surface area contributed by atoms with Crippen LogP contribution in [0.15, 0.2) is 30.3 Å². The van der Waals surface area contributed by atoms with Gasteiger partial charge < -0.3 is 0 Å². The summed E-state index contributed by atoms with van der Waals surface area (Å²) in [5, 5.41) is 0. The van der Waals surface area contributed by atoms with Crippen LogP contribution in [-0.4, -0.2) is 0 Å². The van der Waals surface area contributed by atoms with Gasteiger partial charge in [-0.1, -0.05) is 46.3 Å². The maximum atomic E-state index is 14.1. The molecule has 0 bridgehead atoms. The van der Waals surface area contributed by atoms with Crippen molar-refractivity contribution in [3.63, 3.8) is 0 Å². The zero-order chi connectivity index (χ0) is 14.2. The van der Waals surface area contributed by atoms with E-state index in [-0.39, 0.29) is 16.5 Å². The molecule has 0 saturated carbocycles. The molecule has 0 nitrogen and oxygen atoms in total. The summed E-state index contributed by atoms with van der Waals surface area (Å²) in [5.74, 6) is -0.419. The van der Waals surface area contributed by atoms with E-state index >= 15 is 0 Å². The van der Waals surface area contributed by atoms with Crippen LogP contribution in [0.4, 0.5) is 8.78 Å². The van der Waals surface area contributed by atoms with Crippen LogP contribution in [0, 0.1) is 32.4 Å². The molecule has 2 aromatic rings. The summed E-state index contributed by atoms with van der Waals surface area (Å²) in [6.07, 6.45) is 0. The van der Waals surface area contributed by atoms with Gasteiger partial charge >= 0.3 is 0 Å². The van der Waals surface area contributed by atoms with Gasteiger partial charge in [-0.3, -0.25) is 0 Å². The molecule has 0 spiro atoms. The summed E-state index contributed by atoms with van der Waals surface area (Å²) in [6.45, 7) is 5.18. The summed E-state index contributed by atoms with van der Waals surface area (Å²) in [4.78, 5) is -0.273. The standard InChI is InChI=1S/C16H15BrF2/c1-9-5-4-6-13(16(9)19)14(17)12-7-10(2)15(18)11(3)8-12/h4-8,14H,1-3H3. The molecule has 0 aliphatic rings. The van der Waals surface area contributed by atoms with Crippen molar-refractivity contribution < 1.29 is 8.78 Å². The van der Waals surface area contributed by atoms with E-state index < -0.39 is 0 Å². The second kappa shape index (κ2) is 5.41. The molecule has 1 unspecified atom stereocenters. The Balaban J connectivity index is 2.50. The maximum absolute atomic E-state index is 14.1. The predicted molar refractivity (Wildman–Crippen MR) is 77.8 cm³/mol. The Bertz CT molecular complexity index is 597. The Kier molecular flexibility index (Phi) is 4.04. The maximum Gasteiger partial charge on any atom is 0.130 e. The van der Waals surface area contributed by atoms with E-state index in [1.807, 2.05) is 6.07 Å². The Morgan fingerprint density at radius 1 is 0.895 bits per heavy atom. The van der Waals surface area contributed by atoms with E-state index in [0.717, 1.165) is 5.56 Å². The molecule has 2 rings (SSSR count). The first-order valence-corrected chi connectivity index (χ1v) is 6.99. The SMILES string of the molecule is Cc1cc(C(Br)c2cccc(C)c2F)cc(C)c1F. The van der Waals surface area contributed by atoms with Crippen LogP contribution in [0.25, 0.3) is 0 Å². The number of hydrogen-bond donors (Lipinski definition) is 0. The lowest BCUT2D eigenvalue weighted by Crippen LogP contribution is -2.01. The van der Waals surface area contributed by atoms with Crippen LogP contribution in [0.2, 0.25) is 0 Å². The zero-order valence-electron chi connectivity index (χ0n) is 11.1. The van der Waals surface area contributed by atoms with Gasteiger partial charge in [0.15, 0.2) is 0 Å². The van der Waals surface area contributed by atoms with E-state index in [9.17, 15) is 8.78 Å². The average molecular weight is 325 g/mol. The first kappa shape index (κ1) is 14.2. The third-order valence-corrected chi connectivity index (χ3v) is 4.27. The van der Waals surface area contributed by atoms with Crippen LogP contribution in [0.3, 0.4) is 0 Å². The Morgan fingerprint density at radius 3 is 2.05 bits per heavy atom. The molecule has 0 N–H and O–H groups in total. The molecule has 100 valence electrons. The van der Waals surface area contributed by atoms with Gasteiger partial charge in [0.25, 0.3) is 0 Å². The van der Waals surface area contributed by atoms with Gasteiger partial charge in [0, 0.05) is 5.56 Å². The molecule has 0 radical (unpaired) electrons. The lowest BCUT2D eigenvalue weighted by Gasteiger charge is -2.15. The first-order chi connectivity index (χ1) is 8.91.